The minimum atomic E-state index is -3.29. The summed E-state index contributed by atoms with van der Waals surface area (Å²) >= 11 is 0. The Hall–Kier alpha value is -1.80. The van der Waals surface area contributed by atoms with Gasteiger partial charge in [-0.1, -0.05) is 12.1 Å². The first-order valence-corrected chi connectivity index (χ1v) is 9.31. The molecule has 1 aromatic rings. The molecule has 23 heavy (non-hydrogen) atoms. The number of para-hydroxylation sites is 2. The lowest BCUT2D eigenvalue weighted by Crippen LogP contribution is -2.45. The molecule has 1 N–H and O–H groups in total. The summed E-state index contributed by atoms with van der Waals surface area (Å²) in [5.41, 5.74) is 0. The van der Waals surface area contributed by atoms with Gasteiger partial charge in [-0.2, -0.15) is 0 Å². The van der Waals surface area contributed by atoms with Gasteiger partial charge in [-0.3, -0.25) is 4.79 Å². The van der Waals surface area contributed by atoms with Crippen molar-refractivity contribution in [2.24, 2.45) is 0 Å². The highest BCUT2D eigenvalue weighted by molar-refractivity contribution is 7.89. The molecular formula is C15H20N2O5S. The van der Waals surface area contributed by atoms with Crippen LogP contribution in [0.3, 0.4) is 0 Å². The number of nitrogens with one attached hydrogen (secondary N) is 1. The Kier molecular flexibility index (Phi) is 4.72. The van der Waals surface area contributed by atoms with Crippen LogP contribution in [-0.4, -0.2) is 56.7 Å². The van der Waals surface area contributed by atoms with Crippen molar-refractivity contribution in [3.05, 3.63) is 24.3 Å². The number of hydrogen-bond acceptors (Lipinski definition) is 5. The lowest BCUT2D eigenvalue weighted by Gasteiger charge is -2.25. The van der Waals surface area contributed by atoms with Crippen LogP contribution in [0.4, 0.5) is 0 Å². The van der Waals surface area contributed by atoms with E-state index in [2.05, 4.69) is 5.32 Å². The topological polar surface area (TPSA) is 84.9 Å². The second-order valence-corrected chi connectivity index (χ2v) is 7.67. The summed E-state index contributed by atoms with van der Waals surface area (Å²) in [5.74, 6) is 0.663. The number of rotatable bonds is 5. The van der Waals surface area contributed by atoms with E-state index in [-0.39, 0.29) is 24.8 Å². The number of nitrogens with zero attached hydrogens (tertiary/aromatic N) is 1. The number of amides is 1. The van der Waals surface area contributed by atoms with Crippen LogP contribution < -0.4 is 14.8 Å². The van der Waals surface area contributed by atoms with Crippen LogP contribution in [0.25, 0.3) is 0 Å². The number of fused-ring (bicyclic) bond motifs is 1. The molecule has 0 aliphatic carbocycles. The quantitative estimate of drug-likeness (QED) is 0.837. The van der Waals surface area contributed by atoms with Crippen LogP contribution in [0, 0.1) is 0 Å². The molecule has 2 heterocycles. The molecule has 1 aromatic carbocycles. The van der Waals surface area contributed by atoms with Crippen LogP contribution >= 0.6 is 0 Å². The van der Waals surface area contributed by atoms with Crippen LogP contribution in [0.1, 0.15) is 12.8 Å². The Bertz CT molecular complexity index is 670. The SMILES string of the molecule is O=C(NCCS(=O)(=O)N1CCCC1)[C@H]1COc2ccccc2O1. The third-order valence-electron chi connectivity index (χ3n) is 3.92. The fraction of sp³-hybridized carbons (Fsp3) is 0.533. The normalized spacial score (nSPS) is 21.1. The molecule has 0 aromatic heterocycles. The zero-order chi connectivity index (χ0) is 16.3. The van der Waals surface area contributed by atoms with Crippen molar-refractivity contribution in [3.8, 4) is 11.5 Å². The molecule has 1 saturated heterocycles. The van der Waals surface area contributed by atoms with Crippen LogP contribution in [-0.2, 0) is 14.8 Å². The summed E-state index contributed by atoms with van der Waals surface area (Å²) in [5, 5.41) is 2.61. The van der Waals surface area contributed by atoms with Crippen molar-refractivity contribution >= 4 is 15.9 Å². The second kappa shape index (κ2) is 6.76. The van der Waals surface area contributed by atoms with E-state index in [0.29, 0.717) is 24.6 Å². The summed E-state index contributed by atoms with van der Waals surface area (Å²) in [4.78, 5) is 12.1. The van der Waals surface area contributed by atoms with Gasteiger partial charge >= 0.3 is 0 Å². The van der Waals surface area contributed by atoms with Gasteiger partial charge in [-0.25, -0.2) is 12.7 Å². The van der Waals surface area contributed by atoms with Gasteiger partial charge in [-0.15, -0.1) is 0 Å². The summed E-state index contributed by atoms with van der Waals surface area (Å²) in [6.07, 6.45) is 1.04. The molecule has 0 spiro atoms. The van der Waals surface area contributed by atoms with E-state index < -0.39 is 16.1 Å². The maximum absolute atomic E-state index is 12.1. The van der Waals surface area contributed by atoms with Gasteiger partial charge in [-0.05, 0) is 25.0 Å². The van der Waals surface area contributed by atoms with Gasteiger partial charge in [0.05, 0.1) is 5.75 Å². The minimum Gasteiger partial charge on any atom is -0.485 e. The lowest BCUT2D eigenvalue weighted by molar-refractivity contribution is -0.130. The van der Waals surface area contributed by atoms with Gasteiger partial charge in [0.25, 0.3) is 5.91 Å². The average Bonchev–Trinajstić information content (AvgIpc) is 3.09. The van der Waals surface area contributed by atoms with Crippen LogP contribution in [0.2, 0.25) is 0 Å². The van der Waals surface area contributed by atoms with Gasteiger partial charge in [0, 0.05) is 19.6 Å². The first kappa shape index (κ1) is 16.1. The molecule has 1 atom stereocenters. The number of ether oxygens (including phenoxy) is 2. The van der Waals surface area contributed by atoms with E-state index in [1.54, 1.807) is 18.2 Å². The highest BCUT2D eigenvalue weighted by Crippen LogP contribution is 2.30. The summed E-state index contributed by atoms with van der Waals surface area (Å²) in [7, 11) is -3.29. The molecule has 7 nitrogen and oxygen atoms in total. The van der Waals surface area contributed by atoms with Crippen molar-refractivity contribution < 1.29 is 22.7 Å². The van der Waals surface area contributed by atoms with E-state index in [4.69, 9.17) is 9.47 Å². The van der Waals surface area contributed by atoms with E-state index in [1.807, 2.05) is 6.07 Å². The van der Waals surface area contributed by atoms with Crippen LogP contribution in [0.5, 0.6) is 11.5 Å². The Labute approximate surface area is 135 Å². The molecule has 3 rings (SSSR count). The zero-order valence-electron chi connectivity index (χ0n) is 12.7. The van der Waals surface area contributed by atoms with Gasteiger partial charge in [0.1, 0.15) is 6.61 Å². The maximum atomic E-state index is 12.1. The molecule has 0 unspecified atom stereocenters. The average molecular weight is 340 g/mol. The number of sulfonamides is 1. The van der Waals surface area contributed by atoms with E-state index in [0.717, 1.165) is 12.8 Å². The third-order valence-corrected chi connectivity index (χ3v) is 5.79. The minimum absolute atomic E-state index is 0.0686. The predicted molar refractivity (Wildman–Crippen MR) is 84.0 cm³/mol. The molecule has 0 bridgehead atoms. The van der Waals surface area contributed by atoms with E-state index >= 15 is 0 Å². The van der Waals surface area contributed by atoms with Gasteiger partial charge in [0.15, 0.2) is 11.5 Å². The first-order chi connectivity index (χ1) is 11.1. The predicted octanol–water partition coefficient (Wildman–Crippen LogP) is 0.368. The van der Waals surface area contributed by atoms with Crippen LogP contribution in [0.15, 0.2) is 24.3 Å². The Balaban J connectivity index is 1.49. The Morgan fingerprint density at radius 3 is 2.65 bits per heavy atom. The van der Waals surface area contributed by atoms with Crippen molar-refractivity contribution in [2.45, 2.75) is 18.9 Å². The number of benzene rings is 1. The molecule has 1 fully saturated rings. The maximum Gasteiger partial charge on any atom is 0.264 e. The fourth-order valence-corrected chi connectivity index (χ4v) is 4.09. The number of hydrogen-bond donors (Lipinski definition) is 1. The van der Waals surface area contributed by atoms with Crippen molar-refractivity contribution in [3.63, 3.8) is 0 Å². The smallest absolute Gasteiger partial charge is 0.264 e. The third kappa shape index (κ3) is 3.76. The molecule has 1 amide bonds. The summed E-state index contributed by atoms with van der Waals surface area (Å²) < 4.78 is 36.7. The summed E-state index contributed by atoms with van der Waals surface area (Å²) in [6, 6.07) is 7.12. The van der Waals surface area contributed by atoms with Crippen molar-refractivity contribution in [2.75, 3.05) is 32.0 Å². The summed E-state index contributed by atoms with van der Waals surface area (Å²) in [6.45, 7) is 1.33. The molecular weight excluding hydrogens is 320 g/mol. The van der Waals surface area contributed by atoms with Crippen molar-refractivity contribution in [1.29, 1.82) is 0 Å². The first-order valence-electron chi connectivity index (χ1n) is 7.70. The van der Waals surface area contributed by atoms with Gasteiger partial charge in [0.2, 0.25) is 16.1 Å². The highest BCUT2D eigenvalue weighted by Gasteiger charge is 2.28. The molecule has 2 aliphatic heterocycles. The standard InChI is InChI=1S/C15H20N2O5S/c18-15(14-11-21-12-5-1-2-6-13(12)22-14)16-7-10-23(19,20)17-8-3-4-9-17/h1-2,5-6,14H,3-4,7-11H2,(H,16,18)/t14-/m1/s1. The van der Waals surface area contributed by atoms with E-state index in [1.165, 1.54) is 4.31 Å². The Morgan fingerprint density at radius 1 is 1.22 bits per heavy atom. The Morgan fingerprint density at radius 2 is 1.91 bits per heavy atom. The fourth-order valence-electron chi connectivity index (χ4n) is 2.66. The largest absolute Gasteiger partial charge is 0.485 e. The van der Waals surface area contributed by atoms with E-state index in [9.17, 15) is 13.2 Å². The van der Waals surface area contributed by atoms with Crippen molar-refractivity contribution in [1.82, 2.24) is 9.62 Å². The molecule has 2 aliphatic rings. The lowest BCUT2D eigenvalue weighted by atomic mass is 10.2. The zero-order valence-corrected chi connectivity index (χ0v) is 13.5. The highest BCUT2D eigenvalue weighted by atomic mass is 32.2. The molecule has 0 radical (unpaired) electrons. The monoisotopic (exact) mass is 340 g/mol. The number of carbonyl (C=O) groups excluding carboxylic acids is 1. The molecule has 126 valence electrons. The second-order valence-electron chi connectivity index (χ2n) is 5.58. The molecule has 8 heteroatoms. The number of carbonyl (C=O) groups is 1. The molecule has 0 saturated carbocycles. The van der Waals surface area contributed by atoms with Gasteiger partial charge < -0.3 is 14.8 Å².